The van der Waals surface area contributed by atoms with E-state index >= 15 is 0 Å². The minimum Gasteiger partial charge on any atom is -0.399 e. The number of nitrogen functional groups attached to an aromatic ring is 1. The number of benzene rings is 1. The van der Waals surface area contributed by atoms with Gasteiger partial charge in [-0.1, -0.05) is 0 Å². The average Bonchev–Trinajstić information content (AvgIpc) is 2.60. The first kappa shape index (κ1) is 11.4. The number of hydrogen-bond donors (Lipinski definition) is 1. The van der Waals surface area contributed by atoms with Crippen molar-refractivity contribution in [1.82, 2.24) is 4.98 Å². The molecule has 0 unspecified atom stereocenters. The van der Waals surface area contributed by atoms with Crippen LogP contribution < -0.4 is 5.73 Å². The predicted octanol–water partition coefficient (Wildman–Crippen LogP) is 3.47. The molecule has 1 aromatic heterocycles. The fourth-order valence-corrected chi connectivity index (χ4v) is 3.10. The van der Waals surface area contributed by atoms with Gasteiger partial charge in [-0.15, -0.1) is 23.1 Å². The van der Waals surface area contributed by atoms with Crippen LogP contribution in [0.5, 0.6) is 0 Å². The van der Waals surface area contributed by atoms with Gasteiger partial charge in [-0.3, -0.25) is 0 Å². The summed E-state index contributed by atoms with van der Waals surface area (Å²) in [4.78, 5) is 6.21. The molecule has 1 aromatic carbocycles. The van der Waals surface area contributed by atoms with Crippen LogP contribution in [0.3, 0.4) is 0 Å². The van der Waals surface area contributed by atoms with Crippen LogP contribution in [0.15, 0.2) is 29.3 Å². The van der Waals surface area contributed by atoms with Gasteiger partial charge in [0.2, 0.25) is 0 Å². The fourth-order valence-electron chi connectivity index (χ4n) is 1.29. The van der Waals surface area contributed by atoms with E-state index in [1.807, 2.05) is 13.1 Å². The lowest BCUT2D eigenvalue weighted by Crippen LogP contribution is -1.87. The maximum absolute atomic E-state index is 13.1. The number of rotatable bonds is 3. The lowest BCUT2D eigenvalue weighted by Gasteiger charge is -2.01. The van der Waals surface area contributed by atoms with Crippen LogP contribution in [0, 0.1) is 12.7 Å². The molecule has 2 N–H and O–H groups in total. The third-order valence-corrected chi connectivity index (χ3v) is 4.06. The topological polar surface area (TPSA) is 38.9 Å². The Kier molecular flexibility index (Phi) is 3.46. The summed E-state index contributed by atoms with van der Waals surface area (Å²) in [7, 11) is 0. The van der Waals surface area contributed by atoms with Crippen molar-refractivity contribution in [2.75, 3.05) is 5.73 Å². The molecule has 0 bridgehead atoms. The highest BCUT2D eigenvalue weighted by atomic mass is 32.2. The molecule has 0 atom stereocenters. The monoisotopic (exact) mass is 254 g/mol. The first-order valence-corrected chi connectivity index (χ1v) is 6.54. The summed E-state index contributed by atoms with van der Waals surface area (Å²) >= 11 is 3.22. The molecule has 2 rings (SSSR count). The largest absolute Gasteiger partial charge is 0.399 e. The Morgan fingerprint density at radius 2 is 2.25 bits per heavy atom. The second-order valence-corrected chi connectivity index (χ2v) is 5.72. The summed E-state index contributed by atoms with van der Waals surface area (Å²) < 4.78 is 13.1. The number of halogens is 1. The molecule has 0 aliphatic carbocycles. The van der Waals surface area contributed by atoms with E-state index in [9.17, 15) is 4.39 Å². The number of nitrogens with zero attached hydrogens (tertiary/aromatic N) is 1. The van der Waals surface area contributed by atoms with Crippen molar-refractivity contribution in [2.45, 2.75) is 17.6 Å². The minimum atomic E-state index is -0.289. The van der Waals surface area contributed by atoms with E-state index in [0.717, 1.165) is 15.7 Å². The molecule has 0 aliphatic heterocycles. The molecule has 0 aliphatic rings. The summed E-state index contributed by atoms with van der Waals surface area (Å²) in [6.45, 7) is 1.97. The van der Waals surface area contributed by atoms with Crippen LogP contribution in [0.1, 0.15) is 9.88 Å². The van der Waals surface area contributed by atoms with Crippen LogP contribution in [0.2, 0.25) is 0 Å². The van der Waals surface area contributed by atoms with Gasteiger partial charge in [0.1, 0.15) is 5.82 Å². The second kappa shape index (κ2) is 4.84. The van der Waals surface area contributed by atoms with Gasteiger partial charge < -0.3 is 5.73 Å². The Labute approximate surface area is 102 Å². The molecule has 16 heavy (non-hydrogen) atoms. The van der Waals surface area contributed by atoms with Gasteiger partial charge in [-0.2, -0.15) is 0 Å². The van der Waals surface area contributed by atoms with Crippen LogP contribution in [-0.2, 0) is 5.75 Å². The number of aromatic nitrogens is 1. The minimum absolute atomic E-state index is 0.289. The fraction of sp³-hybridized carbons (Fsp3) is 0.182. The molecule has 84 valence electrons. The summed E-state index contributed by atoms with van der Waals surface area (Å²) in [6.07, 6.45) is 1.86. The Balaban J connectivity index is 2.04. The number of anilines is 1. The number of aryl methyl sites for hydroxylation is 1. The number of thioether (sulfide) groups is 1. The highest BCUT2D eigenvalue weighted by Gasteiger charge is 2.02. The van der Waals surface area contributed by atoms with Crippen molar-refractivity contribution >= 4 is 28.8 Å². The molecule has 0 amide bonds. The Morgan fingerprint density at radius 1 is 1.44 bits per heavy atom. The van der Waals surface area contributed by atoms with Crippen LogP contribution in [0.4, 0.5) is 10.1 Å². The lowest BCUT2D eigenvalue weighted by molar-refractivity contribution is 0.625. The third kappa shape index (κ3) is 2.96. The van der Waals surface area contributed by atoms with Crippen molar-refractivity contribution in [1.29, 1.82) is 0 Å². The molecule has 0 saturated heterocycles. The van der Waals surface area contributed by atoms with Crippen LogP contribution in [-0.4, -0.2) is 4.98 Å². The summed E-state index contributed by atoms with van der Waals surface area (Å²) in [6, 6.07) is 4.59. The first-order valence-electron chi connectivity index (χ1n) is 4.73. The van der Waals surface area contributed by atoms with Gasteiger partial charge >= 0.3 is 0 Å². The first-order chi connectivity index (χ1) is 7.63. The van der Waals surface area contributed by atoms with E-state index in [-0.39, 0.29) is 5.82 Å². The van der Waals surface area contributed by atoms with E-state index < -0.39 is 0 Å². The summed E-state index contributed by atoms with van der Waals surface area (Å²) in [5.41, 5.74) is 6.03. The standard InChI is InChI=1S/C11H11FN2S2/c1-7-14-5-11(16-7)6-15-10-3-8(12)2-9(13)4-10/h2-5H,6,13H2,1H3. The molecule has 5 heteroatoms. The number of thiazole rings is 1. The van der Waals surface area contributed by atoms with Crippen molar-refractivity contribution in [3.05, 3.63) is 40.1 Å². The van der Waals surface area contributed by atoms with Gasteiger partial charge in [0.15, 0.2) is 0 Å². The normalized spacial score (nSPS) is 10.6. The van der Waals surface area contributed by atoms with E-state index in [1.165, 1.54) is 17.0 Å². The molecule has 0 radical (unpaired) electrons. The smallest absolute Gasteiger partial charge is 0.126 e. The Morgan fingerprint density at radius 3 is 2.88 bits per heavy atom. The Bertz CT molecular complexity index is 476. The molecule has 0 spiro atoms. The third-order valence-electron chi connectivity index (χ3n) is 1.94. The maximum atomic E-state index is 13.1. The Hall–Kier alpha value is -1.07. The van der Waals surface area contributed by atoms with Crippen molar-refractivity contribution < 1.29 is 4.39 Å². The highest BCUT2D eigenvalue weighted by Crippen LogP contribution is 2.27. The van der Waals surface area contributed by atoms with Gasteiger partial charge in [0.25, 0.3) is 0 Å². The average molecular weight is 254 g/mol. The van der Waals surface area contributed by atoms with Crippen molar-refractivity contribution in [3.63, 3.8) is 0 Å². The van der Waals surface area contributed by atoms with Crippen LogP contribution in [0.25, 0.3) is 0 Å². The quantitative estimate of drug-likeness (QED) is 0.673. The molecule has 2 nitrogen and oxygen atoms in total. The van der Waals surface area contributed by atoms with Gasteiger partial charge in [-0.05, 0) is 25.1 Å². The SMILES string of the molecule is Cc1ncc(CSc2cc(N)cc(F)c2)s1. The molecule has 1 heterocycles. The van der Waals surface area contributed by atoms with E-state index in [1.54, 1.807) is 29.2 Å². The van der Waals surface area contributed by atoms with E-state index in [0.29, 0.717) is 5.69 Å². The predicted molar refractivity (Wildman–Crippen MR) is 67.2 cm³/mol. The number of hydrogen-bond acceptors (Lipinski definition) is 4. The molecular weight excluding hydrogens is 243 g/mol. The molecule has 2 aromatic rings. The zero-order chi connectivity index (χ0) is 11.5. The maximum Gasteiger partial charge on any atom is 0.126 e. The van der Waals surface area contributed by atoms with Gasteiger partial charge in [-0.25, -0.2) is 9.37 Å². The summed E-state index contributed by atoms with van der Waals surface area (Å²) in [5.74, 6) is 0.511. The van der Waals surface area contributed by atoms with Gasteiger partial charge in [0.05, 0.1) is 5.01 Å². The second-order valence-electron chi connectivity index (χ2n) is 3.35. The molecule has 0 saturated carbocycles. The van der Waals surface area contributed by atoms with Gasteiger partial charge in [0, 0.05) is 27.4 Å². The van der Waals surface area contributed by atoms with E-state index in [2.05, 4.69) is 4.98 Å². The molecular formula is C11H11FN2S2. The zero-order valence-electron chi connectivity index (χ0n) is 8.74. The van der Waals surface area contributed by atoms with Crippen LogP contribution >= 0.6 is 23.1 Å². The zero-order valence-corrected chi connectivity index (χ0v) is 10.4. The molecule has 0 fully saturated rings. The van der Waals surface area contributed by atoms with Crippen molar-refractivity contribution in [2.24, 2.45) is 0 Å². The van der Waals surface area contributed by atoms with Crippen molar-refractivity contribution in [3.8, 4) is 0 Å². The summed E-state index contributed by atoms with van der Waals surface area (Å²) in [5, 5.41) is 1.05. The lowest BCUT2D eigenvalue weighted by atomic mass is 10.3. The van der Waals surface area contributed by atoms with E-state index in [4.69, 9.17) is 5.73 Å². The highest BCUT2D eigenvalue weighted by molar-refractivity contribution is 7.98. The number of nitrogens with two attached hydrogens (primary N) is 1.